The van der Waals surface area contributed by atoms with Gasteiger partial charge in [-0.15, -0.1) is 12.4 Å². The molecule has 1 saturated heterocycles. The van der Waals surface area contributed by atoms with Crippen molar-refractivity contribution in [2.75, 3.05) is 33.8 Å². The second-order valence-corrected chi connectivity index (χ2v) is 7.69. The topological polar surface area (TPSA) is 75.7 Å². The van der Waals surface area contributed by atoms with Crippen LogP contribution in [0.1, 0.15) is 29.6 Å². The highest BCUT2D eigenvalue weighted by atomic mass is 35.5. The summed E-state index contributed by atoms with van der Waals surface area (Å²) < 4.78 is 31.5. The summed E-state index contributed by atoms with van der Waals surface area (Å²) in [5, 5.41) is 3.13. The molecule has 136 valence electrons. The van der Waals surface area contributed by atoms with Gasteiger partial charge in [0.2, 0.25) is 10.0 Å². The summed E-state index contributed by atoms with van der Waals surface area (Å²) in [5.41, 5.74) is 0.345. The third-order valence-corrected chi connectivity index (χ3v) is 6.20. The van der Waals surface area contributed by atoms with Crippen molar-refractivity contribution in [2.24, 2.45) is 5.92 Å². The largest absolute Gasteiger partial charge is 0.465 e. The van der Waals surface area contributed by atoms with E-state index in [9.17, 15) is 13.2 Å². The van der Waals surface area contributed by atoms with Crippen molar-refractivity contribution < 1.29 is 17.9 Å². The van der Waals surface area contributed by atoms with Gasteiger partial charge >= 0.3 is 5.97 Å². The standard InChI is InChI=1S/C16H24N2O4S.ClH/c1-17-10-7-13-8-11-18(12-9-13)23(20,21)15-5-3-14(4-6-15)16(19)22-2;/h3-6,13,17H,7-12H2,1-2H3;1H. The number of halogens is 1. The lowest BCUT2D eigenvalue weighted by Crippen LogP contribution is -2.38. The van der Waals surface area contributed by atoms with Gasteiger partial charge in [-0.2, -0.15) is 4.31 Å². The lowest BCUT2D eigenvalue weighted by Gasteiger charge is -2.31. The average Bonchev–Trinajstić information content (AvgIpc) is 2.59. The number of ether oxygens (including phenoxy) is 1. The van der Waals surface area contributed by atoms with E-state index in [0.717, 1.165) is 25.8 Å². The first-order valence-corrected chi connectivity index (χ1v) is 9.26. The Morgan fingerprint density at radius 2 is 1.83 bits per heavy atom. The number of carbonyl (C=O) groups is 1. The first-order chi connectivity index (χ1) is 11.0. The molecule has 0 aromatic heterocycles. The number of piperidine rings is 1. The minimum atomic E-state index is -3.49. The Labute approximate surface area is 150 Å². The van der Waals surface area contributed by atoms with Gasteiger partial charge in [-0.05, 0) is 63.0 Å². The third-order valence-electron chi connectivity index (χ3n) is 4.29. The number of hydrogen-bond donors (Lipinski definition) is 1. The van der Waals surface area contributed by atoms with Crippen molar-refractivity contribution in [3.63, 3.8) is 0 Å². The third kappa shape index (κ3) is 4.92. The number of methoxy groups -OCH3 is 1. The van der Waals surface area contributed by atoms with E-state index in [2.05, 4.69) is 10.1 Å². The Kier molecular flexibility index (Phi) is 8.15. The number of nitrogens with one attached hydrogen (secondary N) is 1. The van der Waals surface area contributed by atoms with E-state index in [4.69, 9.17) is 0 Å². The highest BCUT2D eigenvalue weighted by Crippen LogP contribution is 2.25. The highest BCUT2D eigenvalue weighted by Gasteiger charge is 2.29. The van der Waals surface area contributed by atoms with E-state index in [1.165, 1.54) is 35.7 Å². The van der Waals surface area contributed by atoms with E-state index in [1.54, 1.807) is 0 Å². The molecule has 1 aromatic carbocycles. The molecule has 1 aliphatic rings. The fourth-order valence-corrected chi connectivity index (χ4v) is 4.29. The van der Waals surface area contributed by atoms with E-state index >= 15 is 0 Å². The number of hydrogen-bond acceptors (Lipinski definition) is 5. The number of rotatable bonds is 6. The minimum Gasteiger partial charge on any atom is -0.465 e. The molecule has 0 atom stereocenters. The van der Waals surface area contributed by atoms with Crippen molar-refractivity contribution in [3.05, 3.63) is 29.8 Å². The summed E-state index contributed by atoms with van der Waals surface area (Å²) in [4.78, 5) is 11.6. The predicted molar refractivity (Wildman–Crippen MR) is 95.1 cm³/mol. The van der Waals surface area contributed by atoms with Crippen molar-refractivity contribution in [3.8, 4) is 0 Å². The van der Waals surface area contributed by atoms with Crippen LogP contribution < -0.4 is 5.32 Å². The van der Waals surface area contributed by atoms with Crippen LogP contribution in [0.3, 0.4) is 0 Å². The van der Waals surface area contributed by atoms with Crippen molar-refractivity contribution >= 4 is 28.4 Å². The molecule has 1 heterocycles. The van der Waals surface area contributed by atoms with Crippen LogP contribution in [0.2, 0.25) is 0 Å². The Bertz CT molecular complexity index is 626. The molecular weight excluding hydrogens is 352 g/mol. The molecule has 0 spiro atoms. The van der Waals surface area contributed by atoms with E-state index in [0.29, 0.717) is 24.6 Å². The Hall–Kier alpha value is -1.15. The lowest BCUT2D eigenvalue weighted by atomic mass is 9.95. The molecule has 0 unspecified atom stereocenters. The smallest absolute Gasteiger partial charge is 0.337 e. The number of benzene rings is 1. The molecule has 6 nitrogen and oxygen atoms in total. The van der Waals surface area contributed by atoms with Gasteiger partial charge in [0, 0.05) is 13.1 Å². The maximum atomic E-state index is 12.7. The van der Waals surface area contributed by atoms with Gasteiger partial charge in [-0.3, -0.25) is 0 Å². The van der Waals surface area contributed by atoms with Gasteiger partial charge in [-0.25, -0.2) is 13.2 Å². The first kappa shape index (κ1) is 20.9. The summed E-state index contributed by atoms with van der Waals surface area (Å²) in [5.74, 6) is 0.106. The maximum absolute atomic E-state index is 12.7. The zero-order chi connectivity index (χ0) is 16.9. The molecule has 0 amide bonds. The Balaban J connectivity index is 0.00000288. The van der Waals surface area contributed by atoms with Crippen molar-refractivity contribution in [2.45, 2.75) is 24.2 Å². The minimum absolute atomic E-state index is 0. The fraction of sp³-hybridized carbons (Fsp3) is 0.562. The number of carbonyl (C=O) groups excluding carboxylic acids is 1. The molecule has 0 saturated carbocycles. The summed E-state index contributed by atoms with van der Waals surface area (Å²) >= 11 is 0. The highest BCUT2D eigenvalue weighted by molar-refractivity contribution is 7.89. The van der Waals surface area contributed by atoms with Crippen LogP contribution >= 0.6 is 12.4 Å². The normalized spacial score (nSPS) is 16.4. The molecule has 0 bridgehead atoms. The average molecular weight is 377 g/mol. The Morgan fingerprint density at radius 1 is 1.25 bits per heavy atom. The monoisotopic (exact) mass is 376 g/mol. The molecular formula is C16H25ClN2O4S. The first-order valence-electron chi connectivity index (χ1n) is 7.82. The van der Waals surface area contributed by atoms with Crippen LogP contribution in [0.4, 0.5) is 0 Å². The van der Waals surface area contributed by atoms with Crippen LogP contribution in [0.25, 0.3) is 0 Å². The van der Waals surface area contributed by atoms with Crippen molar-refractivity contribution in [1.82, 2.24) is 9.62 Å². The summed E-state index contributed by atoms with van der Waals surface area (Å²) in [7, 11) is -0.265. The second kappa shape index (κ2) is 9.36. The number of sulfonamides is 1. The van der Waals surface area contributed by atoms with E-state index in [-0.39, 0.29) is 17.3 Å². The van der Waals surface area contributed by atoms with Gasteiger partial charge in [-0.1, -0.05) is 0 Å². The predicted octanol–water partition coefficient (Wildman–Crippen LogP) is 1.91. The summed E-state index contributed by atoms with van der Waals surface area (Å²) in [6, 6.07) is 5.90. The SMILES string of the molecule is CNCCC1CCN(S(=O)(=O)c2ccc(C(=O)OC)cc2)CC1.Cl. The van der Waals surface area contributed by atoms with Gasteiger partial charge in [0.1, 0.15) is 0 Å². The summed E-state index contributed by atoms with van der Waals surface area (Å²) in [6.07, 6.45) is 2.86. The molecule has 8 heteroatoms. The van der Waals surface area contributed by atoms with E-state index in [1.807, 2.05) is 7.05 Å². The molecule has 1 aliphatic heterocycles. The number of esters is 1. The van der Waals surface area contributed by atoms with Gasteiger partial charge in [0.15, 0.2) is 0 Å². The van der Waals surface area contributed by atoms with Gasteiger partial charge in [0.25, 0.3) is 0 Å². The Morgan fingerprint density at radius 3 is 2.33 bits per heavy atom. The van der Waals surface area contributed by atoms with Crippen LogP contribution in [0.15, 0.2) is 29.2 Å². The zero-order valence-electron chi connectivity index (χ0n) is 14.0. The van der Waals surface area contributed by atoms with Crippen LogP contribution in [0, 0.1) is 5.92 Å². The van der Waals surface area contributed by atoms with Crippen LogP contribution in [-0.4, -0.2) is 52.5 Å². The lowest BCUT2D eigenvalue weighted by molar-refractivity contribution is 0.0600. The molecule has 2 rings (SSSR count). The molecule has 0 aliphatic carbocycles. The van der Waals surface area contributed by atoms with Crippen LogP contribution in [-0.2, 0) is 14.8 Å². The maximum Gasteiger partial charge on any atom is 0.337 e. The van der Waals surface area contributed by atoms with Gasteiger partial charge in [0.05, 0.1) is 17.6 Å². The van der Waals surface area contributed by atoms with Gasteiger partial charge < -0.3 is 10.1 Å². The number of nitrogens with zero attached hydrogens (tertiary/aromatic N) is 1. The summed E-state index contributed by atoms with van der Waals surface area (Å²) in [6.45, 7) is 2.07. The van der Waals surface area contributed by atoms with Crippen molar-refractivity contribution in [1.29, 1.82) is 0 Å². The molecule has 1 aromatic rings. The molecule has 0 radical (unpaired) electrons. The second-order valence-electron chi connectivity index (χ2n) is 5.76. The molecule has 24 heavy (non-hydrogen) atoms. The fourth-order valence-electron chi connectivity index (χ4n) is 2.82. The van der Waals surface area contributed by atoms with E-state index < -0.39 is 16.0 Å². The molecule has 1 fully saturated rings. The van der Waals surface area contributed by atoms with Crippen LogP contribution in [0.5, 0.6) is 0 Å². The molecule has 1 N–H and O–H groups in total. The zero-order valence-corrected chi connectivity index (χ0v) is 15.7. The quantitative estimate of drug-likeness (QED) is 0.767.